The number of aromatic nitrogens is 2. The Balaban J connectivity index is 2.02. The van der Waals surface area contributed by atoms with Crippen molar-refractivity contribution in [3.8, 4) is 0 Å². The number of benzene rings is 1. The molecule has 5 nitrogen and oxygen atoms in total. The van der Waals surface area contributed by atoms with Gasteiger partial charge in [-0.2, -0.15) is 0 Å². The zero-order valence-corrected chi connectivity index (χ0v) is 14.0. The van der Waals surface area contributed by atoms with Crippen molar-refractivity contribution in [3.63, 3.8) is 0 Å². The molecule has 2 heterocycles. The Kier molecular flexibility index (Phi) is 3.69. The van der Waals surface area contributed by atoms with Gasteiger partial charge in [0.2, 0.25) is 0 Å². The average Bonchev–Trinajstić information content (AvgIpc) is 2.50. The van der Waals surface area contributed by atoms with Crippen LogP contribution in [-0.4, -0.2) is 36.0 Å². The number of hydrogen-bond acceptors (Lipinski definition) is 4. The van der Waals surface area contributed by atoms with Crippen LogP contribution in [0.1, 0.15) is 6.42 Å². The van der Waals surface area contributed by atoms with Crippen LogP contribution in [-0.2, 0) is 11.6 Å². The molecule has 0 amide bonds. The fourth-order valence-corrected chi connectivity index (χ4v) is 3.97. The van der Waals surface area contributed by atoms with E-state index in [1.807, 2.05) is 35.2 Å². The molecule has 1 aliphatic heterocycles. The van der Waals surface area contributed by atoms with Gasteiger partial charge < -0.3 is 14.0 Å². The summed E-state index contributed by atoms with van der Waals surface area (Å²) in [7, 11) is -0.418. The van der Waals surface area contributed by atoms with E-state index in [-0.39, 0.29) is 5.56 Å². The maximum absolute atomic E-state index is 12.5. The van der Waals surface area contributed by atoms with Crippen LogP contribution in [0.25, 0.3) is 11.0 Å². The molecular formula is C16H20N3O2P. The molecular weight excluding hydrogens is 297 g/mol. The number of aryl methyl sites for hydroxylation is 1. The molecule has 1 aromatic heterocycles. The summed E-state index contributed by atoms with van der Waals surface area (Å²) in [6.07, 6.45) is 2.71. The van der Waals surface area contributed by atoms with E-state index in [0.717, 1.165) is 22.8 Å². The van der Waals surface area contributed by atoms with E-state index in [9.17, 15) is 9.36 Å². The van der Waals surface area contributed by atoms with Gasteiger partial charge in [0.25, 0.3) is 5.56 Å². The molecule has 0 atom stereocenters. The van der Waals surface area contributed by atoms with Gasteiger partial charge in [-0.3, -0.25) is 4.79 Å². The first-order valence-corrected chi connectivity index (χ1v) is 9.93. The zero-order chi connectivity index (χ0) is 15.9. The maximum Gasteiger partial charge on any atom is 0.293 e. The van der Waals surface area contributed by atoms with Gasteiger partial charge in [0.1, 0.15) is 7.14 Å². The molecule has 0 bridgehead atoms. The van der Waals surface area contributed by atoms with Gasteiger partial charge in [-0.05, 0) is 37.2 Å². The lowest BCUT2D eigenvalue weighted by Crippen LogP contribution is -2.36. The predicted octanol–water partition coefficient (Wildman–Crippen LogP) is 2.65. The summed E-state index contributed by atoms with van der Waals surface area (Å²) in [6.45, 7) is 4.85. The summed E-state index contributed by atoms with van der Waals surface area (Å²) in [5.74, 6) is 0.471. The van der Waals surface area contributed by atoms with E-state index >= 15 is 0 Å². The number of rotatable bonds is 2. The van der Waals surface area contributed by atoms with Crippen molar-refractivity contribution >= 4 is 24.0 Å². The van der Waals surface area contributed by atoms with E-state index in [4.69, 9.17) is 0 Å². The SMILES string of the molecule is Cn1c(=O)c(N2CC=C(P(C)(C)=O)CC2)nc2ccccc21. The van der Waals surface area contributed by atoms with Crippen molar-refractivity contribution < 1.29 is 4.57 Å². The van der Waals surface area contributed by atoms with E-state index in [1.54, 1.807) is 24.9 Å². The molecule has 6 heteroatoms. The minimum absolute atomic E-state index is 0.0910. The van der Waals surface area contributed by atoms with Crippen LogP contribution in [0.3, 0.4) is 0 Å². The highest BCUT2D eigenvalue weighted by molar-refractivity contribution is 7.66. The summed E-state index contributed by atoms with van der Waals surface area (Å²) in [4.78, 5) is 19.1. The second-order valence-corrected chi connectivity index (χ2v) is 9.31. The first-order valence-electron chi connectivity index (χ1n) is 7.33. The minimum atomic E-state index is -2.19. The highest BCUT2D eigenvalue weighted by Crippen LogP contribution is 2.48. The van der Waals surface area contributed by atoms with Crippen molar-refractivity contribution in [2.75, 3.05) is 31.3 Å². The van der Waals surface area contributed by atoms with Crippen molar-refractivity contribution in [1.82, 2.24) is 9.55 Å². The second kappa shape index (κ2) is 5.40. The Bertz CT molecular complexity index is 863. The van der Waals surface area contributed by atoms with E-state index < -0.39 is 7.14 Å². The summed E-state index contributed by atoms with van der Waals surface area (Å²) < 4.78 is 13.8. The third-order valence-corrected chi connectivity index (χ3v) is 5.93. The van der Waals surface area contributed by atoms with Crippen LogP contribution in [0.15, 0.2) is 40.5 Å². The summed E-state index contributed by atoms with van der Waals surface area (Å²) in [5.41, 5.74) is 1.55. The molecule has 116 valence electrons. The molecule has 1 aliphatic rings. The predicted molar refractivity (Wildman–Crippen MR) is 91.4 cm³/mol. The molecule has 3 rings (SSSR count). The third-order valence-electron chi connectivity index (χ3n) is 4.14. The second-order valence-electron chi connectivity index (χ2n) is 6.03. The van der Waals surface area contributed by atoms with Gasteiger partial charge in [0, 0.05) is 20.1 Å². The van der Waals surface area contributed by atoms with Gasteiger partial charge in [-0.25, -0.2) is 4.98 Å². The highest BCUT2D eigenvalue weighted by Gasteiger charge is 2.23. The lowest BCUT2D eigenvalue weighted by molar-refractivity contribution is 0.584. The molecule has 2 aromatic rings. The fraction of sp³-hybridized carbons (Fsp3) is 0.375. The summed E-state index contributed by atoms with van der Waals surface area (Å²) >= 11 is 0. The molecule has 22 heavy (non-hydrogen) atoms. The standard InChI is InChI=1S/C16H20N3O2P/c1-18-14-7-5-4-6-13(14)17-15(16(18)20)19-10-8-12(9-11-19)22(2,3)21/h4-8H,9-11H2,1-3H3. The molecule has 1 aromatic carbocycles. The summed E-state index contributed by atoms with van der Waals surface area (Å²) in [5, 5.41) is 1.02. The van der Waals surface area contributed by atoms with Crippen molar-refractivity contribution in [1.29, 1.82) is 0 Å². The topological polar surface area (TPSA) is 55.2 Å². The fourth-order valence-electron chi connectivity index (χ4n) is 2.81. The van der Waals surface area contributed by atoms with Crippen LogP contribution in [0.5, 0.6) is 0 Å². The average molecular weight is 317 g/mol. The van der Waals surface area contributed by atoms with Crippen molar-refractivity contribution in [3.05, 3.63) is 46.0 Å². The molecule has 0 saturated heterocycles. The quantitative estimate of drug-likeness (QED) is 0.799. The first-order chi connectivity index (χ1) is 10.4. The molecule has 0 N–H and O–H groups in total. The monoisotopic (exact) mass is 317 g/mol. The smallest absolute Gasteiger partial charge is 0.293 e. The lowest BCUT2D eigenvalue weighted by atomic mass is 10.2. The molecule has 0 aliphatic carbocycles. The largest absolute Gasteiger partial charge is 0.348 e. The van der Waals surface area contributed by atoms with E-state index in [2.05, 4.69) is 4.98 Å². The van der Waals surface area contributed by atoms with Gasteiger partial charge in [-0.1, -0.05) is 18.2 Å². The zero-order valence-electron chi connectivity index (χ0n) is 13.1. The third kappa shape index (κ3) is 2.61. The Labute approximate surface area is 129 Å². The van der Waals surface area contributed by atoms with Crippen LogP contribution < -0.4 is 10.5 Å². The van der Waals surface area contributed by atoms with E-state index in [0.29, 0.717) is 18.9 Å². The molecule has 0 unspecified atom stereocenters. The number of hydrogen-bond donors (Lipinski definition) is 0. The first kappa shape index (κ1) is 15.0. The van der Waals surface area contributed by atoms with Crippen molar-refractivity contribution in [2.45, 2.75) is 6.42 Å². The Morgan fingerprint density at radius 1 is 1.23 bits per heavy atom. The van der Waals surface area contributed by atoms with Gasteiger partial charge in [-0.15, -0.1) is 0 Å². The van der Waals surface area contributed by atoms with Gasteiger partial charge >= 0.3 is 0 Å². The Hall–Kier alpha value is -1.87. The number of nitrogens with zero attached hydrogens (tertiary/aromatic N) is 3. The summed E-state index contributed by atoms with van der Waals surface area (Å²) in [6, 6.07) is 7.63. The Morgan fingerprint density at radius 2 is 1.95 bits per heavy atom. The van der Waals surface area contributed by atoms with Crippen molar-refractivity contribution in [2.24, 2.45) is 7.05 Å². The van der Waals surface area contributed by atoms with Crippen LogP contribution in [0, 0.1) is 0 Å². The molecule has 0 saturated carbocycles. The molecule has 0 spiro atoms. The highest BCUT2D eigenvalue weighted by atomic mass is 31.2. The normalized spacial score (nSPS) is 16.0. The lowest BCUT2D eigenvalue weighted by Gasteiger charge is -2.28. The minimum Gasteiger partial charge on any atom is -0.348 e. The number of para-hydroxylation sites is 2. The van der Waals surface area contributed by atoms with Gasteiger partial charge in [0.05, 0.1) is 11.0 Å². The van der Waals surface area contributed by atoms with Crippen LogP contribution in [0.2, 0.25) is 0 Å². The molecule has 0 fully saturated rings. The Morgan fingerprint density at radius 3 is 2.59 bits per heavy atom. The van der Waals surface area contributed by atoms with Gasteiger partial charge in [0.15, 0.2) is 5.82 Å². The number of fused-ring (bicyclic) bond motifs is 1. The maximum atomic E-state index is 12.5. The van der Waals surface area contributed by atoms with Crippen LogP contribution in [0.4, 0.5) is 5.82 Å². The van der Waals surface area contributed by atoms with E-state index in [1.165, 1.54) is 0 Å². The van der Waals surface area contributed by atoms with Crippen LogP contribution >= 0.6 is 7.14 Å². The number of anilines is 1. The molecule has 0 radical (unpaired) electrons.